The van der Waals surface area contributed by atoms with Crippen molar-refractivity contribution in [3.8, 4) is 0 Å². The summed E-state index contributed by atoms with van der Waals surface area (Å²) < 4.78 is 9.35. The molecule has 0 radical (unpaired) electrons. The first-order chi connectivity index (χ1) is 4.88. The molecule has 0 aromatic rings. The summed E-state index contributed by atoms with van der Waals surface area (Å²) in [6.07, 6.45) is 1.99. The third-order valence-corrected chi connectivity index (χ3v) is 3.43. The van der Waals surface area contributed by atoms with Crippen LogP contribution in [-0.4, -0.2) is 22.8 Å². The van der Waals surface area contributed by atoms with Crippen molar-refractivity contribution in [2.24, 2.45) is 0 Å². The second-order valence-electron chi connectivity index (χ2n) is 2.17. The van der Waals surface area contributed by atoms with E-state index >= 15 is 0 Å². The van der Waals surface area contributed by atoms with Crippen LogP contribution in [-0.2, 0) is 4.65 Å². The predicted molar refractivity (Wildman–Crippen MR) is 50.2 cm³/mol. The first-order valence-corrected chi connectivity index (χ1v) is 5.51. The number of hydrogen-bond acceptors (Lipinski definition) is 2. The van der Waals surface area contributed by atoms with Crippen LogP contribution in [0.25, 0.3) is 0 Å². The Bertz CT molecular complexity index is 244. The average molecular weight is 248 g/mol. The van der Waals surface area contributed by atoms with Crippen molar-refractivity contribution in [3.63, 3.8) is 0 Å². The third-order valence-electron chi connectivity index (χ3n) is 1.54. The molecule has 52 valence electrons. The molecule has 0 aromatic carbocycles. The van der Waals surface area contributed by atoms with E-state index in [0.29, 0.717) is 6.61 Å². The lowest BCUT2D eigenvalue weighted by Crippen LogP contribution is -2.12. The van der Waals surface area contributed by atoms with Crippen LogP contribution in [0.1, 0.15) is 0 Å². The first kappa shape index (κ1) is 6.76. The van der Waals surface area contributed by atoms with E-state index in [1.165, 1.54) is 5.57 Å². The van der Waals surface area contributed by atoms with Gasteiger partial charge in [0.2, 0.25) is 0 Å². The summed E-state index contributed by atoms with van der Waals surface area (Å²) >= 11 is 0.107. The van der Waals surface area contributed by atoms with Gasteiger partial charge in [0.1, 0.15) is 0 Å². The summed E-state index contributed by atoms with van der Waals surface area (Å²) in [7, 11) is -0.660. The van der Waals surface area contributed by atoms with Crippen LogP contribution in [0.5, 0.6) is 0 Å². The lowest BCUT2D eigenvalue weighted by atomic mass is 9.78. The number of halogens is 1. The molecule has 0 saturated carbocycles. The molecular weight excluding hydrogens is 242 g/mol. The highest BCUT2D eigenvalue weighted by molar-refractivity contribution is 14.2. The molecule has 0 aliphatic carbocycles. The van der Waals surface area contributed by atoms with Gasteiger partial charge in [-0.1, -0.05) is 26.8 Å². The predicted octanol–water partition coefficient (Wildman–Crippen LogP) is 0.633. The molecule has 1 N–H and O–H groups in total. The van der Waals surface area contributed by atoms with Gasteiger partial charge in [-0.2, -0.15) is 0 Å². The van der Waals surface area contributed by atoms with Gasteiger partial charge in [-0.3, -0.25) is 0 Å². The highest BCUT2D eigenvalue weighted by Crippen LogP contribution is 2.26. The number of hydrogen-bond donors (Lipinski definition) is 1. The molecule has 0 spiro atoms. The molecule has 4 heteroatoms. The second-order valence-corrected chi connectivity index (χ2v) is 4.23. The summed E-state index contributed by atoms with van der Waals surface area (Å²) in [5.41, 5.74) is 2.16. The van der Waals surface area contributed by atoms with E-state index in [2.05, 4.69) is 8.09 Å². The zero-order chi connectivity index (χ0) is 6.97. The second kappa shape index (κ2) is 2.60. The first-order valence-electron chi connectivity index (χ1n) is 3.02. The van der Waals surface area contributed by atoms with Gasteiger partial charge in [-0.25, -0.2) is 0 Å². The fourth-order valence-electron chi connectivity index (χ4n) is 1.00. The molecule has 1 fully saturated rings. The third kappa shape index (κ3) is 1.000. The highest BCUT2D eigenvalue weighted by atomic mass is 127. The van der Waals surface area contributed by atoms with Gasteiger partial charge in [0, 0.05) is 0 Å². The van der Waals surface area contributed by atoms with Crippen molar-refractivity contribution < 1.29 is 9.68 Å². The molecule has 0 unspecified atom stereocenters. The van der Waals surface area contributed by atoms with Crippen LogP contribution in [0.15, 0.2) is 21.2 Å². The standard InChI is InChI=1S/C6H6BIO2/c9-7-6-1-2-8-3-5(6)4-10-7/h1-3,9H,4H2. The quantitative estimate of drug-likeness (QED) is 0.503. The Morgan fingerprint density at radius 3 is 3.40 bits per heavy atom. The Balaban J connectivity index is 2.41. The Morgan fingerprint density at radius 1 is 1.70 bits per heavy atom. The molecule has 0 amide bonds. The molecule has 0 aromatic heterocycles. The lowest BCUT2D eigenvalue weighted by molar-refractivity contribution is 0.316. The molecule has 2 nitrogen and oxygen atoms in total. The lowest BCUT2D eigenvalue weighted by Gasteiger charge is -1.98. The molecule has 0 bridgehead atoms. The summed E-state index contributed by atoms with van der Waals surface area (Å²) in [5, 5.41) is 9.19. The highest BCUT2D eigenvalue weighted by Gasteiger charge is 2.30. The maximum atomic E-state index is 9.19. The fraction of sp³-hybridized carbons (Fsp3) is 0.167. The molecule has 10 heavy (non-hydrogen) atoms. The molecule has 2 aliphatic heterocycles. The van der Waals surface area contributed by atoms with Crippen LogP contribution in [0.2, 0.25) is 0 Å². The molecule has 2 rings (SSSR count). The van der Waals surface area contributed by atoms with Crippen LogP contribution < -0.4 is 0 Å². The number of fused-ring (bicyclic) bond motifs is 1. The van der Waals surface area contributed by atoms with E-state index in [9.17, 15) is 5.02 Å². The van der Waals surface area contributed by atoms with Crippen molar-refractivity contribution >= 4 is 31.9 Å². The number of rotatable bonds is 0. The van der Waals surface area contributed by atoms with E-state index in [4.69, 9.17) is 4.65 Å². The van der Waals surface area contributed by atoms with E-state index in [1.807, 2.05) is 6.08 Å². The monoisotopic (exact) mass is 248 g/mol. The summed E-state index contributed by atoms with van der Waals surface area (Å²) in [4.78, 5) is 0. The van der Waals surface area contributed by atoms with Gasteiger partial charge in [0.05, 0.1) is 6.61 Å². The van der Waals surface area contributed by atoms with Crippen molar-refractivity contribution in [3.05, 3.63) is 21.2 Å². The Morgan fingerprint density at radius 2 is 2.60 bits per heavy atom. The smallest absolute Gasteiger partial charge is 0.423 e. The molecule has 0 atom stereocenters. The van der Waals surface area contributed by atoms with Gasteiger partial charge in [-0.05, 0) is 19.1 Å². The van der Waals surface area contributed by atoms with Gasteiger partial charge < -0.3 is 9.68 Å². The average Bonchev–Trinajstić information content (AvgIpc) is 2.34. The fourth-order valence-corrected chi connectivity index (χ4v) is 2.78. The van der Waals surface area contributed by atoms with Crippen molar-refractivity contribution in [1.82, 2.24) is 0 Å². The summed E-state index contributed by atoms with van der Waals surface area (Å²) in [5.74, 6) is 0. The summed E-state index contributed by atoms with van der Waals surface area (Å²) in [6, 6.07) is 0. The van der Waals surface area contributed by atoms with Crippen molar-refractivity contribution in [2.75, 3.05) is 6.61 Å². The van der Waals surface area contributed by atoms with Crippen LogP contribution in [0.3, 0.4) is 0 Å². The van der Waals surface area contributed by atoms with Gasteiger partial charge in [0.25, 0.3) is 0 Å². The molecule has 1 saturated heterocycles. The Labute approximate surface area is 69.5 Å². The Hall–Kier alpha value is 0.0649. The van der Waals surface area contributed by atoms with E-state index in [0.717, 1.165) is 5.47 Å². The normalized spacial score (nSPS) is 23.1. The minimum atomic E-state index is -0.660. The molecular formula is C6H6BIO2. The Kier molecular flexibility index (Phi) is 1.75. The molecule has 2 aliphatic rings. The molecule has 2 heterocycles. The zero-order valence-corrected chi connectivity index (χ0v) is 7.41. The summed E-state index contributed by atoms with van der Waals surface area (Å²) in [6.45, 7) is 0.598. The van der Waals surface area contributed by atoms with E-state index < -0.39 is 7.12 Å². The topological polar surface area (TPSA) is 29.5 Å². The van der Waals surface area contributed by atoms with Gasteiger partial charge in [0.15, 0.2) is 0 Å². The van der Waals surface area contributed by atoms with Crippen LogP contribution in [0.4, 0.5) is 0 Å². The van der Waals surface area contributed by atoms with Gasteiger partial charge in [-0.15, -0.1) is 0 Å². The van der Waals surface area contributed by atoms with Crippen LogP contribution in [0, 0.1) is 0 Å². The van der Waals surface area contributed by atoms with E-state index in [1.54, 1.807) is 0 Å². The van der Waals surface area contributed by atoms with Gasteiger partial charge >= 0.3 is 7.12 Å². The minimum absolute atomic E-state index is 0.107. The zero-order valence-electron chi connectivity index (χ0n) is 5.25. The van der Waals surface area contributed by atoms with Crippen molar-refractivity contribution in [2.45, 2.75) is 0 Å². The largest absolute Gasteiger partial charge is 0.491 e. The SMILES string of the molecule is OB1OCC2=CI=CC=C12. The number of allylic oxidation sites excluding steroid dienone is 1. The van der Waals surface area contributed by atoms with Crippen molar-refractivity contribution in [1.29, 1.82) is 0 Å². The van der Waals surface area contributed by atoms with E-state index in [-0.39, 0.29) is 20.7 Å². The van der Waals surface area contributed by atoms with Crippen LogP contribution >= 0.6 is 20.7 Å². The maximum Gasteiger partial charge on any atom is 0.491 e. The maximum absolute atomic E-state index is 9.19. The minimum Gasteiger partial charge on any atom is -0.423 e.